The third-order valence-corrected chi connectivity index (χ3v) is 5.50. The Balaban J connectivity index is 2.13. The van der Waals surface area contributed by atoms with Gasteiger partial charge in [0, 0.05) is 16.5 Å². The molecule has 0 amide bonds. The number of Topliss-reactive ketones (excluding diaryl/α,β-unsaturated/α-hetero) is 1. The number of carbonyl (C=O) groups excluding carboxylic acids is 3. The molecule has 2 aromatic carbocycles. The molecule has 152 valence electrons. The summed E-state index contributed by atoms with van der Waals surface area (Å²) in [6.45, 7) is 5.25. The second-order valence-corrected chi connectivity index (χ2v) is 7.98. The maximum absolute atomic E-state index is 13.6. The molecule has 0 radical (unpaired) electrons. The molecule has 5 nitrogen and oxygen atoms in total. The second kappa shape index (κ2) is 8.37. The Morgan fingerprint density at radius 2 is 1.72 bits per heavy atom. The van der Waals surface area contributed by atoms with Crippen molar-refractivity contribution in [1.29, 1.82) is 0 Å². The van der Waals surface area contributed by atoms with Crippen LogP contribution in [0.5, 0.6) is 0 Å². The summed E-state index contributed by atoms with van der Waals surface area (Å²) in [6.07, 6.45) is 0. The molecule has 0 aliphatic carbocycles. The quantitative estimate of drug-likeness (QED) is 0.397. The highest BCUT2D eigenvalue weighted by molar-refractivity contribution is 6.30. The van der Waals surface area contributed by atoms with Crippen molar-refractivity contribution in [2.24, 2.45) is 11.8 Å². The first-order valence-electron chi connectivity index (χ1n) is 9.50. The summed E-state index contributed by atoms with van der Waals surface area (Å²) in [7, 11) is 0. The van der Waals surface area contributed by atoms with Crippen molar-refractivity contribution in [3.63, 3.8) is 0 Å². The molecule has 2 aromatic rings. The van der Waals surface area contributed by atoms with Crippen LogP contribution in [0.25, 0.3) is 0 Å². The van der Waals surface area contributed by atoms with Crippen molar-refractivity contribution in [3.8, 4) is 0 Å². The fourth-order valence-corrected chi connectivity index (χ4v) is 4.11. The summed E-state index contributed by atoms with van der Waals surface area (Å²) in [5, 5.41) is 0.516. The predicted molar refractivity (Wildman–Crippen MR) is 109 cm³/mol. The van der Waals surface area contributed by atoms with Crippen LogP contribution in [-0.2, 0) is 19.1 Å². The van der Waals surface area contributed by atoms with Gasteiger partial charge in [-0.1, -0.05) is 41.9 Å². The van der Waals surface area contributed by atoms with Crippen LogP contribution in [0.1, 0.15) is 42.6 Å². The second-order valence-electron chi connectivity index (χ2n) is 7.54. The minimum absolute atomic E-state index is 0.136. The minimum atomic E-state index is -1.17. The number of cyclic esters (lactones) is 1. The van der Waals surface area contributed by atoms with Crippen LogP contribution >= 0.6 is 11.6 Å². The zero-order valence-electron chi connectivity index (χ0n) is 16.6. The molecule has 1 aliphatic heterocycles. The van der Waals surface area contributed by atoms with Crippen LogP contribution in [-0.4, -0.2) is 29.9 Å². The SMILES string of the molecule is CCOC(=O)[C@@H]1C(=O)OC(C)(C)[C@H]1[C@@H](C(=O)c1ccc(Cl)cc1)c1ccccc1. The van der Waals surface area contributed by atoms with E-state index in [1.54, 1.807) is 45.0 Å². The highest BCUT2D eigenvalue weighted by Crippen LogP contribution is 2.47. The summed E-state index contributed by atoms with van der Waals surface area (Å²) in [5.74, 6) is -4.21. The van der Waals surface area contributed by atoms with Crippen LogP contribution in [0.2, 0.25) is 5.02 Å². The lowest BCUT2D eigenvalue weighted by Gasteiger charge is -2.33. The van der Waals surface area contributed by atoms with E-state index in [9.17, 15) is 14.4 Å². The van der Waals surface area contributed by atoms with Gasteiger partial charge in [-0.15, -0.1) is 0 Å². The zero-order valence-corrected chi connectivity index (χ0v) is 17.3. The third-order valence-electron chi connectivity index (χ3n) is 5.25. The van der Waals surface area contributed by atoms with E-state index in [-0.39, 0.29) is 12.4 Å². The molecule has 1 fully saturated rings. The minimum Gasteiger partial charge on any atom is -0.465 e. The maximum atomic E-state index is 13.6. The summed E-state index contributed by atoms with van der Waals surface area (Å²) < 4.78 is 10.7. The molecule has 3 atom stereocenters. The van der Waals surface area contributed by atoms with E-state index in [2.05, 4.69) is 0 Å². The average molecular weight is 415 g/mol. The molecular formula is C23H23ClO5. The number of halogens is 1. The smallest absolute Gasteiger partial charge is 0.321 e. The van der Waals surface area contributed by atoms with Gasteiger partial charge in [-0.2, -0.15) is 0 Å². The Morgan fingerprint density at radius 1 is 1.10 bits per heavy atom. The number of hydrogen-bond acceptors (Lipinski definition) is 5. The number of esters is 2. The summed E-state index contributed by atoms with van der Waals surface area (Å²) in [4.78, 5) is 38.8. The molecule has 0 unspecified atom stereocenters. The Morgan fingerprint density at radius 3 is 2.31 bits per heavy atom. The van der Waals surface area contributed by atoms with E-state index in [0.717, 1.165) is 0 Å². The summed E-state index contributed by atoms with van der Waals surface area (Å²) >= 11 is 5.97. The molecule has 0 spiro atoms. The van der Waals surface area contributed by atoms with Crippen LogP contribution in [0.15, 0.2) is 54.6 Å². The first-order valence-corrected chi connectivity index (χ1v) is 9.88. The van der Waals surface area contributed by atoms with E-state index >= 15 is 0 Å². The Hall–Kier alpha value is -2.66. The predicted octanol–water partition coefficient (Wildman–Crippen LogP) is 4.44. The van der Waals surface area contributed by atoms with Gasteiger partial charge in [0.05, 0.1) is 12.5 Å². The van der Waals surface area contributed by atoms with Gasteiger partial charge in [-0.3, -0.25) is 14.4 Å². The molecule has 0 bridgehead atoms. The molecule has 0 aromatic heterocycles. The molecule has 0 saturated carbocycles. The monoisotopic (exact) mass is 414 g/mol. The Kier molecular flexibility index (Phi) is 6.08. The Labute approximate surface area is 175 Å². The molecular weight excluding hydrogens is 392 g/mol. The van der Waals surface area contributed by atoms with E-state index in [0.29, 0.717) is 16.1 Å². The van der Waals surface area contributed by atoms with Gasteiger partial charge in [0.15, 0.2) is 11.7 Å². The maximum Gasteiger partial charge on any atom is 0.321 e. The molecule has 1 saturated heterocycles. The number of hydrogen-bond donors (Lipinski definition) is 0. The van der Waals surface area contributed by atoms with Crippen molar-refractivity contribution in [2.75, 3.05) is 6.61 Å². The number of rotatable bonds is 6. The standard InChI is InChI=1S/C23H23ClO5/c1-4-28-21(26)18-19(23(2,3)29-22(18)27)17(14-8-6-5-7-9-14)20(25)15-10-12-16(24)13-11-15/h5-13,17-19H,4H2,1-3H3/t17-,18+,19-/m0/s1. The van der Waals surface area contributed by atoms with E-state index in [4.69, 9.17) is 21.1 Å². The molecule has 3 rings (SSSR count). The lowest BCUT2D eigenvalue weighted by molar-refractivity contribution is -0.157. The lowest BCUT2D eigenvalue weighted by atomic mass is 9.69. The average Bonchev–Trinajstić information content (AvgIpc) is 2.92. The van der Waals surface area contributed by atoms with E-state index < -0.39 is 35.3 Å². The van der Waals surface area contributed by atoms with Gasteiger partial charge in [0.2, 0.25) is 0 Å². The first-order chi connectivity index (χ1) is 13.8. The van der Waals surface area contributed by atoms with Gasteiger partial charge < -0.3 is 9.47 Å². The van der Waals surface area contributed by atoms with Crippen molar-refractivity contribution < 1.29 is 23.9 Å². The number of ketones is 1. The van der Waals surface area contributed by atoms with Crippen LogP contribution in [0.4, 0.5) is 0 Å². The summed E-state index contributed by atoms with van der Waals surface area (Å²) in [5.41, 5.74) is 0.121. The fourth-order valence-electron chi connectivity index (χ4n) is 3.98. The summed E-state index contributed by atoms with van der Waals surface area (Å²) in [6, 6.07) is 15.7. The van der Waals surface area contributed by atoms with Crippen LogP contribution in [0, 0.1) is 11.8 Å². The number of ether oxygens (including phenoxy) is 2. The normalized spacial score (nSPS) is 21.3. The number of carbonyl (C=O) groups is 3. The van der Waals surface area contributed by atoms with Crippen LogP contribution in [0.3, 0.4) is 0 Å². The topological polar surface area (TPSA) is 69.7 Å². The largest absolute Gasteiger partial charge is 0.465 e. The van der Waals surface area contributed by atoms with Crippen molar-refractivity contribution in [1.82, 2.24) is 0 Å². The highest BCUT2D eigenvalue weighted by atomic mass is 35.5. The van der Waals surface area contributed by atoms with Crippen molar-refractivity contribution >= 4 is 29.3 Å². The van der Waals surface area contributed by atoms with Gasteiger partial charge >= 0.3 is 11.9 Å². The van der Waals surface area contributed by atoms with Gasteiger partial charge in [0.1, 0.15) is 5.60 Å². The number of benzene rings is 2. The van der Waals surface area contributed by atoms with Gasteiger partial charge in [0.25, 0.3) is 0 Å². The van der Waals surface area contributed by atoms with E-state index in [1.165, 1.54) is 0 Å². The molecule has 1 aliphatic rings. The molecule has 0 N–H and O–H groups in total. The van der Waals surface area contributed by atoms with Gasteiger partial charge in [-0.05, 0) is 50.6 Å². The van der Waals surface area contributed by atoms with Gasteiger partial charge in [-0.25, -0.2) is 0 Å². The lowest BCUT2D eigenvalue weighted by Crippen LogP contribution is -2.41. The zero-order chi connectivity index (χ0) is 21.2. The highest BCUT2D eigenvalue weighted by Gasteiger charge is 2.58. The third kappa shape index (κ3) is 4.20. The van der Waals surface area contributed by atoms with Crippen LogP contribution < -0.4 is 0 Å². The van der Waals surface area contributed by atoms with Crippen molar-refractivity contribution in [2.45, 2.75) is 32.3 Å². The Bertz CT molecular complexity index is 905. The first kappa shape index (κ1) is 21.1. The van der Waals surface area contributed by atoms with Crippen molar-refractivity contribution in [3.05, 3.63) is 70.7 Å². The molecule has 1 heterocycles. The molecule has 29 heavy (non-hydrogen) atoms. The molecule has 6 heteroatoms. The fraction of sp³-hybridized carbons (Fsp3) is 0.348. The van der Waals surface area contributed by atoms with E-state index in [1.807, 2.05) is 30.3 Å².